The molecule has 0 aromatic carbocycles. The highest BCUT2D eigenvalue weighted by Crippen LogP contribution is 2.37. The maximum atomic E-state index is 12.9. The van der Waals surface area contributed by atoms with Crippen molar-refractivity contribution in [2.75, 3.05) is 13.1 Å². The Kier molecular flexibility index (Phi) is 3.82. The van der Waals surface area contributed by atoms with Gasteiger partial charge in [0.15, 0.2) is 0 Å². The summed E-state index contributed by atoms with van der Waals surface area (Å²) in [6.07, 6.45) is 0.767. The van der Waals surface area contributed by atoms with Gasteiger partial charge in [-0.1, -0.05) is 5.16 Å². The van der Waals surface area contributed by atoms with Gasteiger partial charge >= 0.3 is 11.1 Å². The van der Waals surface area contributed by atoms with Crippen LogP contribution in [0.5, 0.6) is 0 Å². The Morgan fingerprint density at radius 3 is 2.65 bits per heavy atom. The van der Waals surface area contributed by atoms with Crippen LogP contribution in [0.15, 0.2) is 14.1 Å². The zero-order chi connectivity index (χ0) is 18.6. The van der Waals surface area contributed by atoms with Crippen molar-refractivity contribution in [3.05, 3.63) is 43.5 Å². The fraction of sp³-hybridized carbons (Fsp3) is 0.588. The fourth-order valence-electron chi connectivity index (χ4n) is 4.10. The highest BCUT2D eigenvalue weighted by atomic mass is 16.5. The monoisotopic (exact) mass is 359 g/mol. The molecule has 1 saturated heterocycles. The summed E-state index contributed by atoms with van der Waals surface area (Å²) in [7, 11) is 0. The molecule has 0 unspecified atom stereocenters. The normalized spacial score (nSPS) is 21.6. The van der Waals surface area contributed by atoms with Gasteiger partial charge in [0.2, 0.25) is 0 Å². The van der Waals surface area contributed by atoms with Crippen molar-refractivity contribution in [1.82, 2.24) is 24.4 Å². The van der Waals surface area contributed by atoms with Gasteiger partial charge in [-0.3, -0.25) is 19.0 Å². The van der Waals surface area contributed by atoms with Crippen LogP contribution in [0.4, 0.5) is 0 Å². The maximum absolute atomic E-state index is 12.9. The first-order valence-electron chi connectivity index (χ1n) is 8.86. The lowest BCUT2D eigenvalue weighted by molar-refractivity contribution is 0.0665. The third-order valence-corrected chi connectivity index (χ3v) is 5.50. The predicted octanol–water partition coefficient (Wildman–Crippen LogP) is 0.289. The van der Waals surface area contributed by atoms with E-state index in [0.717, 1.165) is 6.42 Å². The van der Waals surface area contributed by atoms with Crippen molar-refractivity contribution in [3.63, 3.8) is 0 Å². The van der Waals surface area contributed by atoms with Crippen molar-refractivity contribution in [1.29, 1.82) is 0 Å². The number of likely N-dealkylation sites (tertiary alicyclic amines) is 1. The summed E-state index contributed by atoms with van der Waals surface area (Å²) in [5.74, 6) is 1.19. The Balaban J connectivity index is 1.68. The second kappa shape index (κ2) is 5.93. The topological polar surface area (TPSA) is 103 Å². The first-order chi connectivity index (χ1) is 12.4. The molecule has 138 valence electrons. The number of piperidine rings is 1. The van der Waals surface area contributed by atoms with E-state index in [1.807, 2.05) is 0 Å². The molecule has 0 radical (unpaired) electrons. The third-order valence-electron chi connectivity index (χ3n) is 5.50. The van der Waals surface area contributed by atoms with Crippen LogP contribution in [-0.4, -0.2) is 43.4 Å². The Labute approximate surface area is 149 Å². The number of fused-ring (bicyclic) bond motifs is 3. The number of rotatable bonds is 2. The Bertz CT molecular complexity index is 982. The van der Waals surface area contributed by atoms with Crippen LogP contribution in [0, 0.1) is 19.8 Å². The highest BCUT2D eigenvalue weighted by molar-refractivity contribution is 5.96. The van der Waals surface area contributed by atoms with Crippen LogP contribution in [0.2, 0.25) is 0 Å². The molecule has 0 bridgehead atoms. The molecular weight excluding hydrogens is 338 g/mol. The lowest BCUT2D eigenvalue weighted by Gasteiger charge is -2.34. The average Bonchev–Trinajstić information content (AvgIpc) is 3.17. The summed E-state index contributed by atoms with van der Waals surface area (Å²) in [5, 5.41) is 8.27. The summed E-state index contributed by atoms with van der Waals surface area (Å²) in [4.78, 5) is 39.1. The lowest BCUT2D eigenvalue weighted by atomic mass is 9.87. The number of hydrogen-bond acceptors (Lipinski definition) is 6. The first-order valence-corrected chi connectivity index (χ1v) is 8.86. The molecule has 0 spiro atoms. The minimum atomic E-state index is -0.585. The number of amides is 1. The standard InChI is InChI=1S/C17H21N5O4/c1-4-22-17(25)16(24)21-7-11-5-6-20(8-12(11)14(21)18-22)15(23)13-9(2)19-26-10(13)3/h11-12H,4-8H2,1-3H3/t11-,12-/m0/s1. The van der Waals surface area contributed by atoms with Gasteiger partial charge in [-0.25, -0.2) is 4.68 Å². The Hall–Kier alpha value is -2.71. The molecule has 9 nitrogen and oxygen atoms in total. The molecule has 2 aromatic rings. The summed E-state index contributed by atoms with van der Waals surface area (Å²) >= 11 is 0. The van der Waals surface area contributed by atoms with Crippen molar-refractivity contribution < 1.29 is 9.32 Å². The van der Waals surface area contributed by atoms with E-state index in [4.69, 9.17) is 4.52 Å². The highest BCUT2D eigenvalue weighted by Gasteiger charge is 2.41. The zero-order valence-corrected chi connectivity index (χ0v) is 15.1. The number of aromatic nitrogens is 4. The smallest absolute Gasteiger partial charge is 0.332 e. The SMILES string of the molecule is CCn1nc2n(c(=O)c1=O)C[C@@H]1CCN(C(=O)c3c(C)noc3C)C[C@H]21. The van der Waals surface area contributed by atoms with E-state index >= 15 is 0 Å². The van der Waals surface area contributed by atoms with Gasteiger partial charge in [-0.15, -0.1) is 0 Å². The molecular formula is C17H21N5O4. The van der Waals surface area contributed by atoms with Gasteiger partial charge in [0.1, 0.15) is 17.1 Å². The molecule has 0 saturated carbocycles. The van der Waals surface area contributed by atoms with E-state index in [1.54, 1.807) is 25.7 Å². The predicted molar refractivity (Wildman–Crippen MR) is 91.2 cm³/mol. The molecule has 0 aliphatic carbocycles. The van der Waals surface area contributed by atoms with E-state index < -0.39 is 11.1 Å². The maximum Gasteiger partial charge on any atom is 0.332 e. The summed E-state index contributed by atoms with van der Waals surface area (Å²) < 4.78 is 7.82. The molecule has 2 aliphatic rings. The van der Waals surface area contributed by atoms with Gasteiger partial charge in [-0.2, -0.15) is 5.10 Å². The van der Waals surface area contributed by atoms with Crippen LogP contribution in [0.25, 0.3) is 0 Å². The van der Waals surface area contributed by atoms with Gasteiger partial charge in [0.25, 0.3) is 5.91 Å². The number of hydrogen-bond donors (Lipinski definition) is 0. The molecule has 2 aliphatic heterocycles. The minimum absolute atomic E-state index is 0.0423. The van der Waals surface area contributed by atoms with Gasteiger partial charge in [0.05, 0.1) is 5.69 Å². The Morgan fingerprint density at radius 2 is 2.00 bits per heavy atom. The van der Waals surface area contributed by atoms with Crippen LogP contribution < -0.4 is 11.1 Å². The molecule has 0 N–H and O–H groups in total. The van der Waals surface area contributed by atoms with Crippen LogP contribution in [0.3, 0.4) is 0 Å². The summed E-state index contributed by atoms with van der Waals surface area (Å²) in [5.41, 5.74) is -0.0191. The van der Waals surface area contributed by atoms with Crippen LogP contribution in [-0.2, 0) is 13.1 Å². The minimum Gasteiger partial charge on any atom is -0.361 e. The number of carbonyl (C=O) groups is 1. The van der Waals surface area contributed by atoms with E-state index in [1.165, 1.54) is 9.25 Å². The molecule has 1 amide bonds. The van der Waals surface area contributed by atoms with Gasteiger partial charge in [0, 0.05) is 32.1 Å². The lowest BCUT2D eigenvalue weighted by Crippen LogP contribution is -2.44. The number of carbonyl (C=O) groups excluding carboxylic acids is 1. The van der Waals surface area contributed by atoms with Crippen molar-refractivity contribution in [3.8, 4) is 0 Å². The Morgan fingerprint density at radius 1 is 1.23 bits per heavy atom. The number of nitrogens with zero attached hydrogens (tertiary/aromatic N) is 5. The molecule has 2 aromatic heterocycles. The molecule has 4 rings (SSSR count). The molecule has 2 atom stereocenters. The largest absolute Gasteiger partial charge is 0.361 e. The van der Waals surface area contributed by atoms with Gasteiger partial charge < -0.3 is 9.42 Å². The van der Waals surface area contributed by atoms with Crippen LogP contribution >= 0.6 is 0 Å². The second-order valence-electron chi connectivity index (χ2n) is 7.00. The molecule has 9 heteroatoms. The van der Waals surface area contributed by atoms with E-state index in [0.29, 0.717) is 49.0 Å². The summed E-state index contributed by atoms with van der Waals surface area (Å²) in [6.45, 7) is 7.19. The van der Waals surface area contributed by atoms with Crippen molar-refractivity contribution in [2.45, 2.75) is 46.2 Å². The van der Waals surface area contributed by atoms with Gasteiger partial charge in [-0.05, 0) is 33.1 Å². The van der Waals surface area contributed by atoms with Crippen molar-refractivity contribution >= 4 is 5.91 Å². The van der Waals surface area contributed by atoms with E-state index in [-0.39, 0.29) is 17.7 Å². The second-order valence-corrected chi connectivity index (χ2v) is 7.00. The van der Waals surface area contributed by atoms with Crippen molar-refractivity contribution in [2.24, 2.45) is 5.92 Å². The summed E-state index contributed by atoms with van der Waals surface area (Å²) in [6, 6.07) is 0. The first kappa shape index (κ1) is 16.7. The molecule has 26 heavy (non-hydrogen) atoms. The molecule has 1 fully saturated rings. The van der Waals surface area contributed by atoms with Crippen LogP contribution in [0.1, 0.15) is 46.9 Å². The quantitative estimate of drug-likeness (QED) is 0.714. The third kappa shape index (κ3) is 2.33. The fourth-order valence-corrected chi connectivity index (χ4v) is 4.10. The zero-order valence-electron chi connectivity index (χ0n) is 15.1. The van der Waals surface area contributed by atoms with E-state index in [2.05, 4.69) is 10.3 Å². The number of aryl methyl sites for hydroxylation is 3. The average molecular weight is 359 g/mol. The van der Waals surface area contributed by atoms with E-state index in [9.17, 15) is 14.4 Å². The molecule has 4 heterocycles.